The van der Waals surface area contributed by atoms with Crippen molar-refractivity contribution in [1.29, 1.82) is 0 Å². The number of alkyl halides is 1. The number of benzene rings is 2. The quantitative estimate of drug-likeness (QED) is 0.760. The Labute approximate surface area is 131 Å². The number of nitrogens with zero attached hydrogens (tertiary/aromatic N) is 1. The largest absolute Gasteiger partial charge is 0.269 e. The molecule has 0 aliphatic carbocycles. The van der Waals surface area contributed by atoms with Crippen LogP contribution in [0.4, 0.5) is 5.69 Å². The zero-order chi connectivity index (χ0) is 15.3. The van der Waals surface area contributed by atoms with E-state index in [4.69, 9.17) is 11.6 Å². The zero-order valence-corrected chi connectivity index (χ0v) is 13.4. The number of hydrogen-bond acceptors (Lipinski definition) is 2. The van der Waals surface area contributed by atoms with Crippen molar-refractivity contribution in [1.82, 2.24) is 0 Å². The third-order valence-electron chi connectivity index (χ3n) is 3.30. The number of para-hydroxylation sites is 1. The van der Waals surface area contributed by atoms with Gasteiger partial charge in [-0.3, -0.25) is 4.31 Å². The Hall–Kier alpha value is -1.52. The first-order valence-electron chi connectivity index (χ1n) is 6.74. The average Bonchev–Trinajstić information content (AvgIpc) is 2.53. The van der Waals surface area contributed by atoms with Crippen LogP contribution >= 0.6 is 11.6 Å². The van der Waals surface area contributed by atoms with Crippen LogP contribution in [0, 0.1) is 0 Å². The molecule has 0 saturated heterocycles. The first-order valence-corrected chi connectivity index (χ1v) is 8.72. The molecule has 0 amide bonds. The van der Waals surface area contributed by atoms with Crippen molar-refractivity contribution in [3.63, 3.8) is 0 Å². The highest BCUT2D eigenvalue weighted by molar-refractivity contribution is 7.92. The molecule has 2 aromatic rings. The van der Waals surface area contributed by atoms with Gasteiger partial charge in [0, 0.05) is 12.9 Å². The summed E-state index contributed by atoms with van der Waals surface area (Å²) in [5.74, 6) is 0.608. The Bertz CT molecular complexity index is 669. The molecule has 0 aliphatic rings. The SMILES string of the molecule is CN(c1ccccc1)S(=O)(=O)c1ccc(CCCCl)cc1. The van der Waals surface area contributed by atoms with Gasteiger partial charge in [-0.1, -0.05) is 30.3 Å². The highest BCUT2D eigenvalue weighted by Gasteiger charge is 2.20. The van der Waals surface area contributed by atoms with Crippen LogP contribution in [0.1, 0.15) is 12.0 Å². The Morgan fingerprint density at radius 1 is 1.00 bits per heavy atom. The molecule has 0 spiro atoms. The predicted octanol–water partition coefficient (Wildman–Crippen LogP) is 3.68. The van der Waals surface area contributed by atoms with Crippen molar-refractivity contribution in [2.45, 2.75) is 17.7 Å². The van der Waals surface area contributed by atoms with Crippen LogP contribution in [-0.4, -0.2) is 21.3 Å². The normalized spacial score (nSPS) is 11.3. The van der Waals surface area contributed by atoms with Crippen molar-refractivity contribution >= 4 is 27.3 Å². The number of rotatable bonds is 6. The summed E-state index contributed by atoms with van der Waals surface area (Å²) in [5, 5.41) is 0. The van der Waals surface area contributed by atoms with Gasteiger partial charge in [0.05, 0.1) is 10.6 Å². The van der Waals surface area contributed by atoms with Gasteiger partial charge in [-0.15, -0.1) is 11.6 Å². The molecule has 0 atom stereocenters. The van der Waals surface area contributed by atoms with Gasteiger partial charge in [-0.25, -0.2) is 8.42 Å². The summed E-state index contributed by atoms with van der Waals surface area (Å²) in [5.41, 5.74) is 1.74. The van der Waals surface area contributed by atoms with Crippen LogP contribution in [0.25, 0.3) is 0 Å². The maximum absolute atomic E-state index is 12.6. The first-order chi connectivity index (χ1) is 10.1. The molecule has 0 fully saturated rings. The molecule has 2 rings (SSSR count). The minimum atomic E-state index is -3.52. The number of sulfonamides is 1. The van der Waals surface area contributed by atoms with Crippen LogP contribution in [0.3, 0.4) is 0 Å². The monoisotopic (exact) mass is 323 g/mol. The van der Waals surface area contributed by atoms with E-state index in [9.17, 15) is 8.42 Å². The van der Waals surface area contributed by atoms with Crippen molar-refractivity contribution in [2.75, 3.05) is 17.2 Å². The lowest BCUT2D eigenvalue weighted by molar-refractivity contribution is 0.594. The molecule has 3 nitrogen and oxygen atoms in total. The standard InChI is InChI=1S/C16H18ClNO2S/c1-18(15-7-3-2-4-8-15)21(19,20)16-11-9-14(10-12-16)6-5-13-17/h2-4,7-12H,5-6,13H2,1H3. The van der Waals surface area contributed by atoms with Gasteiger partial charge >= 0.3 is 0 Å². The molecule has 2 aromatic carbocycles. The molecular formula is C16H18ClNO2S. The van der Waals surface area contributed by atoms with Crippen molar-refractivity contribution in [2.24, 2.45) is 0 Å². The van der Waals surface area contributed by atoms with Gasteiger partial charge in [0.2, 0.25) is 0 Å². The first kappa shape index (κ1) is 15.9. The second-order valence-corrected chi connectivity index (χ2v) is 7.09. The Kier molecular flexibility index (Phi) is 5.26. The molecule has 0 bridgehead atoms. The number of hydrogen-bond donors (Lipinski definition) is 0. The molecule has 0 unspecified atom stereocenters. The van der Waals surface area contributed by atoms with Crippen LogP contribution in [0.2, 0.25) is 0 Å². The second-order valence-electron chi connectivity index (χ2n) is 4.74. The minimum Gasteiger partial charge on any atom is -0.269 e. The summed E-state index contributed by atoms with van der Waals surface area (Å²) in [7, 11) is -1.96. The third kappa shape index (κ3) is 3.77. The van der Waals surface area contributed by atoms with E-state index in [-0.39, 0.29) is 0 Å². The zero-order valence-electron chi connectivity index (χ0n) is 11.9. The van der Waals surface area contributed by atoms with E-state index < -0.39 is 10.0 Å². The van der Waals surface area contributed by atoms with E-state index in [0.717, 1.165) is 18.4 Å². The lowest BCUT2D eigenvalue weighted by Crippen LogP contribution is -2.26. The molecule has 0 aromatic heterocycles. The maximum Gasteiger partial charge on any atom is 0.264 e. The minimum absolute atomic E-state index is 0.295. The second kappa shape index (κ2) is 6.96. The van der Waals surface area contributed by atoms with E-state index in [1.165, 1.54) is 4.31 Å². The lowest BCUT2D eigenvalue weighted by Gasteiger charge is -2.19. The van der Waals surface area contributed by atoms with Crippen molar-refractivity contribution in [3.05, 3.63) is 60.2 Å². The predicted molar refractivity (Wildman–Crippen MR) is 87.5 cm³/mol. The lowest BCUT2D eigenvalue weighted by atomic mass is 10.1. The molecule has 0 N–H and O–H groups in total. The van der Waals surface area contributed by atoms with E-state index in [1.807, 2.05) is 30.3 Å². The molecule has 5 heteroatoms. The fourth-order valence-corrected chi connectivity index (χ4v) is 3.36. The number of anilines is 1. The summed E-state index contributed by atoms with van der Waals surface area (Å²) in [6.07, 6.45) is 1.75. The van der Waals surface area contributed by atoms with E-state index >= 15 is 0 Å². The summed E-state index contributed by atoms with van der Waals surface area (Å²) >= 11 is 5.66. The smallest absolute Gasteiger partial charge is 0.264 e. The summed E-state index contributed by atoms with van der Waals surface area (Å²) in [6.45, 7) is 0. The number of halogens is 1. The fraction of sp³-hybridized carbons (Fsp3) is 0.250. The topological polar surface area (TPSA) is 37.4 Å². The molecule has 0 aliphatic heterocycles. The molecular weight excluding hydrogens is 306 g/mol. The van der Waals surface area contributed by atoms with Crippen molar-refractivity contribution < 1.29 is 8.42 Å². The van der Waals surface area contributed by atoms with Gasteiger partial charge in [0.15, 0.2) is 0 Å². The van der Waals surface area contributed by atoms with Gasteiger partial charge in [0.25, 0.3) is 10.0 Å². The van der Waals surface area contributed by atoms with Gasteiger partial charge in [-0.2, -0.15) is 0 Å². The fourth-order valence-electron chi connectivity index (χ4n) is 2.03. The highest BCUT2D eigenvalue weighted by atomic mass is 35.5. The Morgan fingerprint density at radius 2 is 1.62 bits per heavy atom. The van der Waals surface area contributed by atoms with E-state index in [2.05, 4.69) is 0 Å². The maximum atomic E-state index is 12.6. The van der Waals surface area contributed by atoms with Crippen LogP contribution < -0.4 is 4.31 Å². The van der Waals surface area contributed by atoms with Crippen LogP contribution in [0.5, 0.6) is 0 Å². The molecule has 112 valence electrons. The molecule has 21 heavy (non-hydrogen) atoms. The highest BCUT2D eigenvalue weighted by Crippen LogP contribution is 2.22. The van der Waals surface area contributed by atoms with Crippen LogP contribution in [-0.2, 0) is 16.4 Å². The summed E-state index contributed by atoms with van der Waals surface area (Å²) in [6, 6.07) is 16.0. The van der Waals surface area contributed by atoms with Crippen molar-refractivity contribution in [3.8, 4) is 0 Å². The summed E-state index contributed by atoms with van der Waals surface area (Å²) < 4.78 is 26.4. The molecule has 0 radical (unpaired) electrons. The van der Waals surface area contributed by atoms with Gasteiger partial charge in [0.1, 0.15) is 0 Å². The van der Waals surface area contributed by atoms with Gasteiger partial charge < -0.3 is 0 Å². The average molecular weight is 324 g/mol. The molecule has 0 saturated carbocycles. The number of aryl methyl sites for hydroxylation is 1. The molecule has 0 heterocycles. The Morgan fingerprint density at radius 3 is 2.19 bits per heavy atom. The summed E-state index contributed by atoms with van der Waals surface area (Å²) in [4.78, 5) is 0.295. The van der Waals surface area contributed by atoms with E-state index in [1.54, 1.807) is 31.3 Å². The van der Waals surface area contributed by atoms with Gasteiger partial charge in [-0.05, 0) is 42.7 Å². The Balaban J connectivity index is 2.23. The third-order valence-corrected chi connectivity index (χ3v) is 5.37. The van der Waals surface area contributed by atoms with Crippen LogP contribution in [0.15, 0.2) is 59.5 Å². The van der Waals surface area contributed by atoms with E-state index in [0.29, 0.717) is 16.5 Å².